The summed E-state index contributed by atoms with van der Waals surface area (Å²) >= 11 is 7.68. The zero-order valence-corrected chi connectivity index (χ0v) is 18.1. The van der Waals surface area contributed by atoms with E-state index in [1.54, 1.807) is 31.7 Å². The number of hydrogen-bond acceptors (Lipinski definition) is 4. The lowest BCUT2D eigenvalue weighted by molar-refractivity contribution is 0.102. The maximum absolute atomic E-state index is 12.8. The molecule has 2 aromatic rings. The molecule has 0 aliphatic heterocycles. The number of sulfonamides is 1. The van der Waals surface area contributed by atoms with Gasteiger partial charge in [0.25, 0.3) is 5.91 Å². The number of anilines is 1. The number of amides is 1. The fraction of sp³-hybridized carbons (Fsp3) is 0.316. The summed E-state index contributed by atoms with van der Waals surface area (Å²) in [7, 11) is -3.73. The minimum Gasteiger partial charge on any atom is -0.322 e. The van der Waals surface area contributed by atoms with Crippen LogP contribution in [0.15, 0.2) is 46.2 Å². The van der Waals surface area contributed by atoms with Crippen molar-refractivity contribution < 1.29 is 13.2 Å². The van der Waals surface area contributed by atoms with E-state index in [0.29, 0.717) is 24.3 Å². The zero-order valence-electron chi connectivity index (χ0n) is 15.7. The Labute approximate surface area is 170 Å². The summed E-state index contributed by atoms with van der Waals surface area (Å²) in [5.74, 6) is -0.295. The van der Waals surface area contributed by atoms with Gasteiger partial charge >= 0.3 is 0 Å². The van der Waals surface area contributed by atoms with Crippen molar-refractivity contribution in [2.45, 2.75) is 30.6 Å². The normalized spacial score (nSPS) is 11.6. The number of hydrogen-bond donors (Lipinski definition) is 1. The van der Waals surface area contributed by atoms with Gasteiger partial charge in [0.15, 0.2) is 0 Å². The standard InChI is InChI=1S/C19H23ClN2O3S2/c1-5-22(6-2)27(24,25)18-11-14(8-10-17(18)20)21-19(23)16-12-15(26-4)9-7-13(16)3/h7-12H,5-6H2,1-4H3,(H,21,23). The molecule has 27 heavy (non-hydrogen) atoms. The minimum atomic E-state index is -3.73. The molecule has 0 radical (unpaired) electrons. The number of aryl methyl sites for hydroxylation is 1. The van der Waals surface area contributed by atoms with Crippen LogP contribution in [0.25, 0.3) is 0 Å². The molecule has 0 aliphatic carbocycles. The molecule has 2 rings (SSSR count). The van der Waals surface area contributed by atoms with E-state index in [0.717, 1.165) is 10.5 Å². The molecule has 0 unspecified atom stereocenters. The van der Waals surface area contributed by atoms with Crippen molar-refractivity contribution in [1.29, 1.82) is 0 Å². The summed E-state index contributed by atoms with van der Waals surface area (Å²) in [6, 6.07) is 10.1. The number of carbonyl (C=O) groups excluding carboxylic acids is 1. The third kappa shape index (κ3) is 4.85. The van der Waals surface area contributed by atoms with Crippen LogP contribution in [-0.4, -0.2) is 38.0 Å². The monoisotopic (exact) mass is 426 g/mol. The summed E-state index contributed by atoms with van der Waals surface area (Å²) in [5, 5.41) is 2.90. The van der Waals surface area contributed by atoms with Gasteiger partial charge in [0, 0.05) is 29.2 Å². The quantitative estimate of drug-likeness (QED) is 0.654. The third-order valence-corrected chi connectivity index (χ3v) is 7.46. The van der Waals surface area contributed by atoms with Crippen LogP contribution >= 0.6 is 23.4 Å². The Morgan fingerprint density at radius 1 is 1.15 bits per heavy atom. The first kappa shape index (κ1) is 21.8. The minimum absolute atomic E-state index is 0.0137. The first-order chi connectivity index (χ1) is 12.7. The number of rotatable bonds is 7. The molecule has 1 amide bonds. The second-order valence-electron chi connectivity index (χ2n) is 5.87. The number of halogens is 1. The van der Waals surface area contributed by atoms with Crippen LogP contribution in [-0.2, 0) is 10.0 Å². The van der Waals surface area contributed by atoms with Crippen LogP contribution in [0.3, 0.4) is 0 Å². The van der Waals surface area contributed by atoms with Gasteiger partial charge in [0.1, 0.15) is 4.90 Å². The molecule has 0 spiro atoms. The molecule has 0 saturated heterocycles. The number of nitrogens with zero attached hydrogens (tertiary/aromatic N) is 1. The van der Waals surface area contributed by atoms with Crippen molar-refractivity contribution in [3.05, 3.63) is 52.5 Å². The summed E-state index contributed by atoms with van der Waals surface area (Å²) in [6.45, 7) is 6.07. The van der Waals surface area contributed by atoms with E-state index in [4.69, 9.17) is 11.6 Å². The summed E-state index contributed by atoms with van der Waals surface area (Å²) in [5.41, 5.74) is 1.77. The van der Waals surface area contributed by atoms with E-state index in [1.807, 2.05) is 31.4 Å². The molecule has 2 aromatic carbocycles. The molecule has 0 bridgehead atoms. The molecule has 0 heterocycles. The highest BCUT2D eigenvalue weighted by molar-refractivity contribution is 7.98. The Morgan fingerprint density at radius 2 is 1.81 bits per heavy atom. The van der Waals surface area contributed by atoms with Crippen LogP contribution in [0.5, 0.6) is 0 Å². The average molecular weight is 427 g/mol. The summed E-state index contributed by atoms with van der Waals surface area (Å²) < 4.78 is 26.9. The number of benzene rings is 2. The Hall–Kier alpha value is -1.54. The highest BCUT2D eigenvalue weighted by Crippen LogP contribution is 2.28. The van der Waals surface area contributed by atoms with Gasteiger partial charge < -0.3 is 5.32 Å². The molecule has 1 N–H and O–H groups in total. The van der Waals surface area contributed by atoms with Crippen molar-refractivity contribution in [3.63, 3.8) is 0 Å². The molecule has 5 nitrogen and oxygen atoms in total. The highest BCUT2D eigenvalue weighted by Gasteiger charge is 2.25. The third-order valence-electron chi connectivity index (χ3n) is 4.20. The van der Waals surface area contributed by atoms with Crippen LogP contribution in [0.1, 0.15) is 29.8 Å². The number of nitrogens with one attached hydrogen (secondary N) is 1. The number of carbonyl (C=O) groups is 1. The van der Waals surface area contributed by atoms with Crippen molar-refractivity contribution in [1.82, 2.24) is 4.31 Å². The molecule has 0 saturated carbocycles. The van der Waals surface area contributed by atoms with Gasteiger partial charge in [0.05, 0.1) is 5.02 Å². The lowest BCUT2D eigenvalue weighted by Gasteiger charge is -2.20. The molecular weight excluding hydrogens is 404 g/mol. The Kier molecular flexibility index (Phi) is 7.33. The van der Waals surface area contributed by atoms with E-state index in [1.165, 1.54) is 16.4 Å². The van der Waals surface area contributed by atoms with Crippen LogP contribution in [0, 0.1) is 6.92 Å². The topological polar surface area (TPSA) is 66.5 Å². The van der Waals surface area contributed by atoms with E-state index >= 15 is 0 Å². The number of thioether (sulfide) groups is 1. The molecule has 0 aromatic heterocycles. The summed E-state index contributed by atoms with van der Waals surface area (Å²) in [6.07, 6.45) is 1.94. The van der Waals surface area contributed by atoms with E-state index in [-0.39, 0.29) is 15.8 Å². The van der Waals surface area contributed by atoms with Crippen molar-refractivity contribution in [2.24, 2.45) is 0 Å². The largest absolute Gasteiger partial charge is 0.322 e. The molecule has 146 valence electrons. The predicted octanol–water partition coefficient (Wildman–Crippen LogP) is 4.65. The average Bonchev–Trinajstić information content (AvgIpc) is 2.64. The predicted molar refractivity (Wildman–Crippen MR) is 112 cm³/mol. The Balaban J connectivity index is 2.38. The van der Waals surface area contributed by atoms with Crippen LogP contribution in [0.4, 0.5) is 5.69 Å². The first-order valence-electron chi connectivity index (χ1n) is 8.50. The zero-order chi connectivity index (χ0) is 20.2. The second-order valence-corrected chi connectivity index (χ2v) is 9.06. The fourth-order valence-electron chi connectivity index (χ4n) is 2.65. The van der Waals surface area contributed by atoms with Crippen LogP contribution in [0.2, 0.25) is 5.02 Å². The van der Waals surface area contributed by atoms with Gasteiger partial charge in [-0.15, -0.1) is 11.8 Å². The van der Waals surface area contributed by atoms with E-state index in [2.05, 4.69) is 5.32 Å². The Bertz CT molecular complexity index is 942. The van der Waals surface area contributed by atoms with Crippen molar-refractivity contribution >= 4 is 45.0 Å². The van der Waals surface area contributed by atoms with Gasteiger partial charge in [-0.1, -0.05) is 31.5 Å². The molecule has 0 atom stereocenters. The van der Waals surface area contributed by atoms with Crippen LogP contribution < -0.4 is 5.32 Å². The molecule has 8 heteroatoms. The summed E-state index contributed by atoms with van der Waals surface area (Å²) in [4.78, 5) is 13.6. The molecule has 0 aliphatic rings. The highest BCUT2D eigenvalue weighted by atomic mass is 35.5. The Morgan fingerprint density at radius 3 is 2.41 bits per heavy atom. The second kappa shape index (κ2) is 9.10. The van der Waals surface area contributed by atoms with Gasteiger partial charge in [-0.05, 0) is 49.1 Å². The van der Waals surface area contributed by atoms with E-state index < -0.39 is 10.0 Å². The van der Waals surface area contributed by atoms with Gasteiger partial charge in [-0.2, -0.15) is 4.31 Å². The fourth-order valence-corrected chi connectivity index (χ4v) is 5.05. The van der Waals surface area contributed by atoms with Gasteiger partial charge in [0.2, 0.25) is 10.0 Å². The molecular formula is C19H23ClN2O3S2. The lowest BCUT2D eigenvalue weighted by Crippen LogP contribution is -2.30. The van der Waals surface area contributed by atoms with Crippen molar-refractivity contribution in [3.8, 4) is 0 Å². The molecule has 0 fully saturated rings. The van der Waals surface area contributed by atoms with Gasteiger partial charge in [-0.3, -0.25) is 4.79 Å². The van der Waals surface area contributed by atoms with Crippen molar-refractivity contribution in [2.75, 3.05) is 24.7 Å². The van der Waals surface area contributed by atoms with E-state index in [9.17, 15) is 13.2 Å². The SMILES string of the molecule is CCN(CC)S(=O)(=O)c1cc(NC(=O)c2cc(SC)ccc2C)ccc1Cl. The lowest BCUT2D eigenvalue weighted by atomic mass is 10.1. The maximum Gasteiger partial charge on any atom is 0.255 e. The maximum atomic E-state index is 12.8. The smallest absolute Gasteiger partial charge is 0.255 e. The first-order valence-corrected chi connectivity index (χ1v) is 11.5. The van der Waals surface area contributed by atoms with Gasteiger partial charge in [-0.25, -0.2) is 8.42 Å².